The molecule has 0 aliphatic carbocycles. The Bertz CT molecular complexity index is 534. The monoisotopic (exact) mass is 247 g/mol. The summed E-state index contributed by atoms with van der Waals surface area (Å²) in [6, 6.07) is 8.01. The molecule has 0 bridgehead atoms. The van der Waals surface area contributed by atoms with Gasteiger partial charge in [-0.15, -0.1) is 0 Å². The summed E-state index contributed by atoms with van der Waals surface area (Å²) in [7, 11) is 1.49. The van der Waals surface area contributed by atoms with Crippen LogP contribution in [0.15, 0.2) is 41.0 Å². The first-order valence-electron chi connectivity index (χ1n) is 5.38. The van der Waals surface area contributed by atoms with Gasteiger partial charge in [0.1, 0.15) is 17.3 Å². The van der Waals surface area contributed by atoms with Gasteiger partial charge in [0, 0.05) is 6.07 Å². The summed E-state index contributed by atoms with van der Waals surface area (Å²) in [5.41, 5.74) is 0.197. The highest BCUT2D eigenvalue weighted by Crippen LogP contribution is 2.23. The maximum Gasteiger partial charge on any atom is 0.255 e. The maximum atomic E-state index is 11.8. The van der Waals surface area contributed by atoms with E-state index in [4.69, 9.17) is 9.15 Å². The molecule has 94 valence electrons. The largest absolute Gasteiger partial charge is 0.507 e. The molecule has 0 aliphatic rings. The fourth-order valence-electron chi connectivity index (χ4n) is 1.51. The van der Waals surface area contributed by atoms with Crippen molar-refractivity contribution in [2.75, 3.05) is 7.11 Å². The summed E-state index contributed by atoms with van der Waals surface area (Å²) in [5.74, 6) is 0.657. The number of hydrogen-bond donors (Lipinski definition) is 2. The summed E-state index contributed by atoms with van der Waals surface area (Å²) in [6.45, 7) is 0.275. The molecule has 2 aromatic rings. The number of carbonyl (C=O) groups excluding carboxylic acids is 1. The summed E-state index contributed by atoms with van der Waals surface area (Å²) in [6.07, 6.45) is 1.53. The topological polar surface area (TPSA) is 71.7 Å². The van der Waals surface area contributed by atoms with Crippen molar-refractivity contribution in [1.82, 2.24) is 5.32 Å². The van der Waals surface area contributed by atoms with Gasteiger partial charge in [0.25, 0.3) is 5.91 Å². The Morgan fingerprint density at radius 3 is 2.89 bits per heavy atom. The van der Waals surface area contributed by atoms with E-state index < -0.39 is 0 Å². The molecule has 0 unspecified atom stereocenters. The number of amides is 1. The predicted molar refractivity (Wildman–Crippen MR) is 64.5 cm³/mol. The predicted octanol–water partition coefficient (Wildman–Crippen LogP) is 1.92. The third-order valence-corrected chi connectivity index (χ3v) is 2.45. The Morgan fingerprint density at radius 2 is 2.28 bits per heavy atom. The Balaban J connectivity index is 2.04. The highest BCUT2D eigenvalue weighted by atomic mass is 16.5. The quantitative estimate of drug-likeness (QED) is 0.865. The van der Waals surface area contributed by atoms with Crippen LogP contribution in [-0.2, 0) is 6.54 Å². The molecule has 5 heteroatoms. The molecule has 0 atom stereocenters. The molecule has 0 radical (unpaired) electrons. The first-order chi connectivity index (χ1) is 8.70. The van der Waals surface area contributed by atoms with Crippen molar-refractivity contribution in [3.63, 3.8) is 0 Å². The minimum atomic E-state index is -0.369. The zero-order chi connectivity index (χ0) is 13.0. The minimum Gasteiger partial charge on any atom is -0.507 e. The lowest BCUT2D eigenvalue weighted by Gasteiger charge is -2.07. The number of benzene rings is 1. The van der Waals surface area contributed by atoms with Crippen LogP contribution in [-0.4, -0.2) is 18.1 Å². The van der Waals surface area contributed by atoms with Crippen LogP contribution in [0.25, 0.3) is 0 Å². The van der Waals surface area contributed by atoms with E-state index in [-0.39, 0.29) is 23.8 Å². The number of aromatic hydroxyl groups is 1. The lowest BCUT2D eigenvalue weighted by molar-refractivity contribution is 0.0945. The van der Waals surface area contributed by atoms with E-state index in [1.807, 2.05) is 0 Å². The molecule has 0 aliphatic heterocycles. The smallest absolute Gasteiger partial charge is 0.255 e. The number of methoxy groups -OCH3 is 1. The molecule has 1 aromatic carbocycles. The van der Waals surface area contributed by atoms with Crippen molar-refractivity contribution in [2.24, 2.45) is 0 Å². The average molecular weight is 247 g/mol. The summed E-state index contributed by atoms with van der Waals surface area (Å²) >= 11 is 0. The molecule has 1 aromatic heterocycles. The number of nitrogens with one attached hydrogen (secondary N) is 1. The Labute approximate surface area is 104 Å². The normalized spacial score (nSPS) is 10.1. The third kappa shape index (κ3) is 2.63. The zero-order valence-corrected chi connectivity index (χ0v) is 9.84. The molecule has 0 fully saturated rings. The van der Waals surface area contributed by atoms with E-state index >= 15 is 0 Å². The van der Waals surface area contributed by atoms with Gasteiger partial charge in [0.2, 0.25) is 0 Å². The van der Waals surface area contributed by atoms with Gasteiger partial charge < -0.3 is 19.6 Å². The molecule has 2 N–H and O–H groups in total. The number of phenolic OH excluding ortho intramolecular Hbond substituents is 1. The van der Waals surface area contributed by atoms with Gasteiger partial charge in [-0.1, -0.05) is 0 Å². The third-order valence-electron chi connectivity index (χ3n) is 2.45. The SMILES string of the molecule is COc1ccc(C(=O)NCc2ccco2)c(O)c1. The van der Waals surface area contributed by atoms with Gasteiger partial charge in [-0.25, -0.2) is 0 Å². The molecule has 0 saturated carbocycles. The molecule has 1 heterocycles. The van der Waals surface area contributed by atoms with Gasteiger partial charge in [-0.05, 0) is 24.3 Å². The number of carbonyl (C=O) groups is 1. The fourth-order valence-corrected chi connectivity index (χ4v) is 1.51. The van der Waals surface area contributed by atoms with Crippen LogP contribution in [0.4, 0.5) is 0 Å². The molecular formula is C13H13NO4. The van der Waals surface area contributed by atoms with Crippen molar-refractivity contribution in [3.8, 4) is 11.5 Å². The summed E-state index contributed by atoms with van der Waals surface area (Å²) in [5, 5.41) is 12.3. The average Bonchev–Trinajstić information content (AvgIpc) is 2.88. The molecule has 0 spiro atoms. The maximum absolute atomic E-state index is 11.8. The minimum absolute atomic E-state index is 0.119. The van der Waals surface area contributed by atoms with Crippen molar-refractivity contribution in [3.05, 3.63) is 47.9 Å². The number of hydrogen-bond acceptors (Lipinski definition) is 4. The second-order valence-corrected chi connectivity index (χ2v) is 3.65. The zero-order valence-electron chi connectivity index (χ0n) is 9.84. The van der Waals surface area contributed by atoms with E-state index in [9.17, 15) is 9.90 Å². The first kappa shape index (κ1) is 12.0. The number of ether oxygens (including phenoxy) is 1. The van der Waals surface area contributed by atoms with E-state index in [1.54, 1.807) is 18.2 Å². The lowest BCUT2D eigenvalue weighted by Crippen LogP contribution is -2.22. The van der Waals surface area contributed by atoms with E-state index in [2.05, 4.69) is 5.32 Å². The number of rotatable bonds is 4. The van der Waals surface area contributed by atoms with Crippen molar-refractivity contribution in [1.29, 1.82) is 0 Å². The molecule has 18 heavy (non-hydrogen) atoms. The van der Waals surface area contributed by atoms with Crippen molar-refractivity contribution in [2.45, 2.75) is 6.54 Å². The molecule has 2 rings (SSSR count). The van der Waals surface area contributed by atoms with E-state index in [0.29, 0.717) is 11.5 Å². The van der Waals surface area contributed by atoms with Crippen LogP contribution in [0.3, 0.4) is 0 Å². The highest BCUT2D eigenvalue weighted by Gasteiger charge is 2.11. The van der Waals surface area contributed by atoms with Crippen LogP contribution >= 0.6 is 0 Å². The Morgan fingerprint density at radius 1 is 1.44 bits per heavy atom. The summed E-state index contributed by atoms with van der Waals surface area (Å²) in [4.78, 5) is 11.8. The molecular weight excluding hydrogens is 234 g/mol. The van der Waals surface area contributed by atoms with E-state index in [1.165, 1.54) is 25.5 Å². The van der Waals surface area contributed by atoms with Gasteiger partial charge in [-0.3, -0.25) is 4.79 Å². The van der Waals surface area contributed by atoms with Crippen LogP contribution in [0.2, 0.25) is 0 Å². The Kier molecular flexibility index (Phi) is 3.52. The second-order valence-electron chi connectivity index (χ2n) is 3.65. The van der Waals surface area contributed by atoms with Crippen LogP contribution in [0, 0.1) is 0 Å². The first-order valence-corrected chi connectivity index (χ1v) is 5.38. The highest BCUT2D eigenvalue weighted by molar-refractivity contribution is 5.96. The molecule has 5 nitrogen and oxygen atoms in total. The summed E-state index contributed by atoms with van der Waals surface area (Å²) < 4.78 is 10.0. The Hall–Kier alpha value is -2.43. The van der Waals surface area contributed by atoms with Crippen molar-refractivity contribution >= 4 is 5.91 Å². The van der Waals surface area contributed by atoms with Crippen LogP contribution < -0.4 is 10.1 Å². The standard InChI is InChI=1S/C13H13NO4/c1-17-9-4-5-11(12(15)7-9)13(16)14-8-10-3-2-6-18-10/h2-7,15H,8H2,1H3,(H,14,16). The second kappa shape index (κ2) is 5.27. The van der Waals surface area contributed by atoms with Gasteiger partial charge >= 0.3 is 0 Å². The van der Waals surface area contributed by atoms with Crippen LogP contribution in [0.1, 0.15) is 16.1 Å². The van der Waals surface area contributed by atoms with E-state index in [0.717, 1.165) is 0 Å². The number of phenols is 1. The molecule has 1 amide bonds. The van der Waals surface area contributed by atoms with Gasteiger partial charge in [0.15, 0.2) is 0 Å². The van der Waals surface area contributed by atoms with Crippen molar-refractivity contribution < 1.29 is 19.1 Å². The van der Waals surface area contributed by atoms with Gasteiger partial charge in [0.05, 0.1) is 25.5 Å². The molecule has 0 saturated heterocycles. The fraction of sp³-hybridized carbons (Fsp3) is 0.154. The van der Waals surface area contributed by atoms with Crippen LogP contribution in [0.5, 0.6) is 11.5 Å². The number of furan rings is 1. The van der Waals surface area contributed by atoms with Gasteiger partial charge in [-0.2, -0.15) is 0 Å². The lowest BCUT2D eigenvalue weighted by atomic mass is 10.2.